The molecule has 0 amide bonds. The second kappa shape index (κ2) is 6.14. The molecule has 0 aromatic rings. The number of rotatable bonds is 4. The summed E-state index contributed by atoms with van der Waals surface area (Å²) in [5, 5.41) is 23.9. The number of fused-ring (bicyclic) bond motifs is 10. The highest BCUT2D eigenvalue weighted by atomic mass is 16.5. The second-order valence-electron chi connectivity index (χ2n) is 12.5. The molecule has 6 saturated carbocycles. The van der Waals surface area contributed by atoms with Crippen LogP contribution in [0, 0.1) is 52.3 Å². The summed E-state index contributed by atoms with van der Waals surface area (Å²) in [6.45, 7) is 6.80. The summed E-state index contributed by atoms with van der Waals surface area (Å²) in [7, 11) is 0. The smallest absolute Gasteiger partial charge is 0.305 e. The number of ketones is 1. The van der Waals surface area contributed by atoms with Crippen LogP contribution in [-0.4, -0.2) is 39.8 Å². The van der Waals surface area contributed by atoms with Crippen LogP contribution in [0.3, 0.4) is 0 Å². The molecule has 5 nitrogen and oxygen atoms in total. The Hall–Kier alpha value is -0.940. The van der Waals surface area contributed by atoms with Crippen molar-refractivity contribution in [2.24, 2.45) is 52.3 Å². The molecule has 0 radical (unpaired) electrons. The van der Waals surface area contributed by atoms with Gasteiger partial charge in [-0.1, -0.05) is 13.8 Å². The lowest BCUT2D eigenvalue weighted by Gasteiger charge is -2.64. The van der Waals surface area contributed by atoms with Gasteiger partial charge in [0.2, 0.25) is 0 Å². The van der Waals surface area contributed by atoms with Gasteiger partial charge in [-0.15, -0.1) is 0 Å². The monoisotopic (exact) mass is 430 g/mol. The van der Waals surface area contributed by atoms with Crippen molar-refractivity contribution in [1.82, 2.24) is 0 Å². The standard InChI is InChI=1S/C26H38O5/c1-4-31-20(28)7-10-25(29)19-12-16(19)22-21-15-11-18(15)26(30)13-14(27)5-8-23(26,2)17(21)6-9-24(22,25)3/h15-19,21-22,29-30H,4-13H2,1-3H3/t15?,16-,17?,18-,19+,21?,22?,23-,24+,25+,26-/m1/s1. The van der Waals surface area contributed by atoms with Gasteiger partial charge < -0.3 is 14.9 Å². The maximum absolute atomic E-state index is 12.3. The summed E-state index contributed by atoms with van der Waals surface area (Å²) in [6, 6.07) is 0. The van der Waals surface area contributed by atoms with Crippen LogP contribution >= 0.6 is 0 Å². The number of ether oxygens (including phenoxy) is 1. The highest BCUT2D eigenvalue weighted by molar-refractivity contribution is 5.81. The summed E-state index contributed by atoms with van der Waals surface area (Å²) >= 11 is 0. The fourth-order valence-corrected chi connectivity index (χ4v) is 10.1. The van der Waals surface area contributed by atoms with Crippen LogP contribution in [0.5, 0.6) is 0 Å². The number of hydrogen-bond donors (Lipinski definition) is 2. The second-order valence-corrected chi connectivity index (χ2v) is 12.5. The predicted octanol–water partition coefficient (Wildman–Crippen LogP) is 3.50. The molecule has 0 aromatic carbocycles. The topological polar surface area (TPSA) is 83.8 Å². The fraction of sp³-hybridized carbons (Fsp3) is 0.923. The van der Waals surface area contributed by atoms with E-state index in [4.69, 9.17) is 4.74 Å². The molecule has 5 heteroatoms. The Morgan fingerprint density at radius 1 is 1.06 bits per heavy atom. The molecular weight excluding hydrogens is 392 g/mol. The fourth-order valence-electron chi connectivity index (χ4n) is 10.1. The van der Waals surface area contributed by atoms with Crippen LogP contribution in [0.1, 0.15) is 78.6 Å². The van der Waals surface area contributed by atoms with E-state index in [1.807, 2.05) is 6.92 Å². The van der Waals surface area contributed by atoms with E-state index in [0.717, 1.165) is 32.1 Å². The van der Waals surface area contributed by atoms with Crippen LogP contribution in [-0.2, 0) is 14.3 Å². The summed E-state index contributed by atoms with van der Waals surface area (Å²) in [5.41, 5.74) is -1.93. The summed E-state index contributed by atoms with van der Waals surface area (Å²) < 4.78 is 5.16. The first-order chi connectivity index (χ1) is 14.6. The van der Waals surface area contributed by atoms with Crippen molar-refractivity contribution < 1.29 is 24.5 Å². The van der Waals surface area contributed by atoms with Crippen LogP contribution in [0.2, 0.25) is 0 Å². The molecule has 6 fully saturated rings. The van der Waals surface area contributed by atoms with E-state index in [1.165, 1.54) is 0 Å². The molecule has 0 heterocycles. The van der Waals surface area contributed by atoms with Gasteiger partial charge >= 0.3 is 5.97 Å². The number of carbonyl (C=O) groups excluding carboxylic acids is 2. The first kappa shape index (κ1) is 20.7. The van der Waals surface area contributed by atoms with Gasteiger partial charge in [0.25, 0.3) is 0 Å². The molecule has 0 aromatic heterocycles. The number of Topliss-reactive ketones (excluding diaryl/α,β-unsaturated/α-hetero) is 1. The van der Waals surface area contributed by atoms with Crippen molar-refractivity contribution >= 4 is 11.8 Å². The maximum atomic E-state index is 12.3. The van der Waals surface area contributed by atoms with Gasteiger partial charge in [-0.25, -0.2) is 0 Å². The molecule has 0 saturated heterocycles. The molecule has 0 bridgehead atoms. The first-order valence-electron chi connectivity index (χ1n) is 12.7. The molecule has 4 unspecified atom stereocenters. The molecule has 31 heavy (non-hydrogen) atoms. The van der Waals surface area contributed by atoms with Crippen LogP contribution in [0.15, 0.2) is 0 Å². The zero-order chi connectivity index (χ0) is 22.0. The van der Waals surface area contributed by atoms with E-state index in [0.29, 0.717) is 67.8 Å². The van der Waals surface area contributed by atoms with E-state index in [-0.39, 0.29) is 28.5 Å². The number of aliphatic hydroxyl groups is 2. The molecule has 11 atom stereocenters. The van der Waals surface area contributed by atoms with Gasteiger partial charge in [0, 0.05) is 24.7 Å². The Morgan fingerprint density at radius 2 is 1.81 bits per heavy atom. The van der Waals surface area contributed by atoms with Gasteiger partial charge in [-0.05, 0) is 92.3 Å². The molecule has 6 aliphatic carbocycles. The van der Waals surface area contributed by atoms with Crippen molar-refractivity contribution in [3.8, 4) is 0 Å². The average molecular weight is 431 g/mol. The average Bonchev–Trinajstić information content (AvgIpc) is 3.61. The normalized spacial score (nSPS) is 58.4. The lowest BCUT2D eigenvalue weighted by atomic mass is 9.42. The third-order valence-corrected chi connectivity index (χ3v) is 11.7. The Bertz CT molecular complexity index is 840. The van der Waals surface area contributed by atoms with Crippen molar-refractivity contribution in [1.29, 1.82) is 0 Å². The highest BCUT2D eigenvalue weighted by Gasteiger charge is 2.81. The van der Waals surface area contributed by atoms with Crippen molar-refractivity contribution in [2.75, 3.05) is 6.61 Å². The number of carbonyl (C=O) groups is 2. The van der Waals surface area contributed by atoms with E-state index in [9.17, 15) is 19.8 Å². The lowest BCUT2D eigenvalue weighted by molar-refractivity contribution is -0.223. The largest absolute Gasteiger partial charge is 0.466 e. The number of esters is 1. The van der Waals surface area contributed by atoms with E-state index >= 15 is 0 Å². The molecular formula is C26H38O5. The van der Waals surface area contributed by atoms with Crippen molar-refractivity contribution in [2.45, 2.75) is 89.8 Å². The van der Waals surface area contributed by atoms with Gasteiger partial charge in [0.1, 0.15) is 5.78 Å². The van der Waals surface area contributed by atoms with E-state index in [1.54, 1.807) is 0 Å². The SMILES string of the molecule is CCOC(=O)CC[C@]1(O)[C@H]2C[C@H]2C2C3C4C[C@H]4[C@]4(O)CC(=O)CC[C@]4(C)C3CC[C@@]21C. The number of hydrogen-bond acceptors (Lipinski definition) is 5. The molecule has 6 aliphatic rings. The Kier molecular flexibility index (Phi) is 4.09. The van der Waals surface area contributed by atoms with E-state index < -0.39 is 11.2 Å². The van der Waals surface area contributed by atoms with Crippen LogP contribution in [0.25, 0.3) is 0 Å². The van der Waals surface area contributed by atoms with Gasteiger partial charge in [0.05, 0.1) is 17.8 Å². The Labute approximate surface area is 185 Å². The van der Waals surface area contributed by atoms with E-state index in [2.05, 4.69) is 13.8 Å². The lowest BCUT2D eigenvalue weighted by Crippen LogP contribution is -2.65. The summed E-state index contributed by atoms with van der Waals surface area (Å²) in [6.07, 6.45) is 6.71. The van der Waals surface area contributed by atoms with Gasteiger partial charge in [0.15, 0.2) is 0 Å². The Balaban J connectivity index is 1.32. The third-order valence-electron chi connectivity index (χ3n) is 11.7. The van der Waals surface area contributed by atoms with Crippen LogP contribution in [0.4, 0.5) is 0 Å². The van der Waals surface area contributed by atoms with Crippen LogP contribution < -0.4 is 0 Å². The van der Waals surface area contributed by atoms with Crippen molar-refractivity contribution in [3.63, 3.8) is 0 Å². The summed E-state index contributed by atoms with van der Waals surface area (Å²) in [4.78, 5) is 24.4. The minimum atomic E-state index is -0.816. The van der Waals surface area contributed by atoms with Gasteiger partial charge in [-0.3, -0.25) is 9.59 Å². The van der Waals surface area contributed by atoms with Crippen molar-refractivity contribution in [3.05, 3.63) is 0 Å². The highest BCUT2D eigenvalue weighted by Crippen LogP contribution is 2.81. The quantitative estimate of drug-likeness (QED) is 0.667. The molecule has 0 aliphatic heterocycles. The molecule has 0 spiro atoms. The first-order valence-corrected chi connectivity index (χ1v) is 12.7. The summed E-state index contributed by atoms with van der Waals surface area (Å²) in [5.74, 6) is 3.16. The zero-order valence-corrected chi connectivity index (χ0v) is 19.2. The molecule has 2 N–H and O–H groups in total. The minimum Gasteiger partial charge on any atom is -0.466 e. The minimum absolute atomic E-state index is 0.155. The zero-order valence-electron chi connectivity index (χ0n) is 19.2. The predicted molar refractivity (Wildman–Crippen MR) is 114 cm³/mol. The third kappa shape index (κ3) is 2.35. The molecule has 172 valence electrons. The molecule has 6 rings (SSSR count). The van der Waals surface area contributed by atoms with Gasteiger partial charge in [-0.2, -0.15) is 0 Å². The maximum Gasteiger partial charge on any atom is 0.305 e. The Morgan fingerprint density at radius 3 is 2.55 bits per heavy atom.